The summed E-state index contributed by atoms with van der Waals surface area (Å²) in [7, 11) is 1.45. The number of hydrogen-bond acceptors (Lipinski definition) is 12. The van der Waals surface area contributed by atoms with E-state index in [4.69, 9.17) is 19.9 Å². The molecule has 16 atom stereocenters. The number of nitrogens with two attached hydrogens (primary N) is 2. The van der Waals surface area contributed by atoms with Crippen molar-refractivity contribution in [3.8, 4) is 0 Å². The maximum Gasteiger partial charge on any atom is 0.186 e. The van der Waals surface area contributed by atoms with E-state index in [1.165, 1.54) is 7.11 Å². The third kappa shape index (κ3) is 6.08. The Morgan fingerprint density at radius 2 is 1.60 bits per heavy atom. The van der Waals surface area contributed by atoms with Crippen LogP contribution in [0, 0.1) is 41.4 Å². The number of ether oxygens (including phenoxy) is 3. The molecule has 240 valence electrons. The Kier molecular flexibility index (Phi) is 10.4. The Balaban J connectivity index is 1.35. The van der Waals surface area contributed by atoms with Gasteiger partial charge in [-0.3, -0.25) is 15.3 Å². The number of piperidine rings is 1. The maximum atomic E-state index is 14.2. The van der Waals surface area contributed by atoms with Crippen molar-refractivity contribution in [3.05, 3.63) is 0 Å². The average Bonchev–Trinajstić information content (AvgIpc) is 2.98. The van der Waals surface area contributed by atoms with Crippen molar-refractivity contribution in [2.24, 2.45) is 47.2 Å². The van der Waals surface area contributed by atoms with Gasteiger partial charge in [-0.15, -0.1) is 0 Å². The fraction of sp³-hybridized carbons (Fsp3) is 0.931. The zero-order valence-corrected chi connectivity index (χ0v) is 24.2. The van der Waals surface area contributed by atoms with Gasteiger partial charge in [0.25, 0.3) is 0 Å². The van der Waals surface area contributed by atoms with Crippen molar-refractivity contribution < 1.29 is 59.8 Å². The second-order valence-electron chi connectivity index (χ2n) is 13.3. The minimum absolute atomic E-state index is 0.0924. The lowest BCUT2D eigenvalue weighted by atomic mass is 9.52. The van der Waals surface area contributed by atoms with Crippen molar-refractivity contribution in [1.29, 1.82) is 0 Å². The number of fused-ring (bicyclic) bond motifs is 2. The molecule has 42 heavy (non-hydrogen) atoms. The molecule has 5 fully saturated rings. The van der Waals surface area contributed by atoms with Crippen LogP contribution in [0.3, 0.4) is 0 Å². The molecule has 0 aromatic heterocycles. The number of methoxy groups -OCH3 is 1. The first-order valence-corrected chi connectivity index (χ1v) is 15.5. The Labute approximate surface area is 245 Å². The van der Waals surface area contributed by atoms with Gasteiger partial charge in [-0.25, -0.2) is 0 Å². The molecule has 5 aliphatic rings. The van der Waals surface area contributed by atoms with Crippen LogP contribution in [0.1, 0.15) is 44.9 Å². The van der Waals surface area contributed by atoms with Gasteiger partial charge in [0.05, 0.1) is 43.3 Å². The van der Waals surface area contributed by atoms with Crippen molar-refractivity contribution in [2.75, 3.05) is 26.9 Å². The number of aliphatic hydroxyl groups is 6. The molecular weight excluding hydrogens is 552 g/mol. The van der Waals surface area contributed by atoms with Crippen LogP contribution in [0.2, 0.25) is 0 Å². The van der Waals surface area contributed by atoms with E-state index in [9.17, 15) is 40.2 Å². The molecular formula is C29H49N2O11+. The zero-order valence-electron chi connectivity index (χ0n) is 24.2. The summed E-state index contributed by atoms with van der Waals surface area (Å²) >= 11 is 0. The van der Waals surface area contributed by atoms with Gasteiger partial charge in [-0.05, 0) is 38.0 Å². The standard InChI is InChI=1S/C29H48N2O11/c1-40-17-8-18(41-29-28(39)27(38)25(36)19(11-33)42-29)23-22(15(17)10-32)24(35)14-6-13(7-16(34)21(14)26(23)37)3-2-12-4-5-20(30)31-9-12/h12-23,25,27-29,31-34,36,38-39H,2-11,30H2,1H3/p+1/t12?,13?,14?,15?,16?,17?,18?,19-,20?,21?,22?,23?,25-,27+,28-,29+/m1/s1. The van der Waals surface area contributed by atoms with E-state index >= 15 is 0 Å². The molecule has 0 spiro atoms. The number of carbonyl (C=O) groups is 2. The molecule has 0 aromatic carbocycles. The first kappa shape index (κ1) is 32.3. The normalized spacial score (nSPS) is 49.8. The average molecular weight is 602 g/mol. The van der Waals surface area contributed by atoms with E-state index in [0.29, 0.717) is 18.8 Å². The molecule has 0 radical (unpaired) electrons. The van der Waals surface area contributed by atoms with Gasteiger partial charge in [0.2, 0.25) is 0 Å². The first-order chi connectivity index (χ1) is 20.1. The van der Waals surface area contributed by atoms with Crippen LogP contribution < -0.4 is 11.1 Å². The predicted molar refractivity (Wildman–Crippen MR) is 144 cm³/mol. The minimum Gasteiger partial charge on any atom is -0.396 e. The fourth-order valence-corrected chi connectivity index (χ4v) is 8.53. The minimum atomic E-state index is -1.68. The number of ketones is 2. The third-order valence-electron chi connectivity index (χ3n) is 10.9. The smallest absolute Gasteiger partial charge is 0.186 e. The Hall–Kier alpha value is -1.10. The molecule has 11 unspecified atom stereocenters. The molecule has 0 amide bonds. The monoisotopic (exact) mass is 601 g/mol. The summed E-state index contributed by atoms with van der Waals surface area (Å²) in [6, 6.07) is 0. The van der Waals surface area contributed by atoms with Crippen LogP contribution in [0.5, 0.6) is 0 Å². The summed E-state index contributed by atoms with van der Waals surface area (Å²) in [6.45, 7) is -0.0545. The first-order valence-electron chi connectivity index (χ1n) is 15.5. The second-order valence-corrected chi connectivity index (χ2v) is 13.3. The van der Waals surface area contributed by atoms with Crippen molar-refractivity contribution in [1.82, 2.24) is 0 Å². The van der Waals surface area contributed by atoms with Gasteiger partial charge in [0.15, 0.2) is 6.29 Å². The van der Waals surface area contributed by atoms with E-state index < -0.39 is 85.2 Å². The summed E-state index contributed by atoms with van der Waals surface area (Å²) < 4.78 is 17.3. The van der Waals surface area contributed by atoms with E-state index in [1.54, 1.807) is 0 Å². The second kappa shape index (κ2) is 13.5. The van der Waals surface area contributed by atoms with Crippen molar-refractivity contribution >= 4 is 11.6 Å². The number of aliphatic hydroxyl groups excluding tert-OH is 6. The molecule has 0 bridgehead atoms. The summed E-state index contributed by atoms with van der Waals surface area (Å²) in [6.07, 6.45) is -5.23. The van der Waals surface area contributed by atoms with Gasteiger partial charge in [-0.1, -0.05) is 0 Å². The number of quaternary nitrogens is 1. The van der Waals surface area contributed by atoms with Gasteiger partial charge in [0, 0.05) is 50.2 Å². The Bertz CT molecular complexity index is 947. The fourth-order valence-electron chi connectivity index (χ4n) is 8.53. The maximum absolute atomic E-state index is 14.2. The molecule has 3 saturated carbocycles. The van der Waals surface area contributed by atoms with E-state index in [2.05, 4.69) is 5.32 Å². The molecule has 13 heteroatoms. The molecule has 3 aliphatic carbocycles. The molecule has 13 nitrogen and oxygen atoms in total. The quantitative estimate of drug-likeness (QED) is 0.136. The van der Waals surface area contributed by atoms with Crippen LogP contribution in [0.25, 0.3) is 0 Å². The van der Waals surface area contributed by atoms with Crippen LogP contribution >= 0.6 is 0 Å². The highest BCUT2D eigenvalue weighted by Gasteiger charge is 2.62. The van der Waals surface area contributed by atoms with Crippen LogP contribution in [-0.4, -0.2) is 124 Å². The Morgan fingerprint density at radius 1 is 0.857 bits per heavy atom. The largest absolute Gasteiger partial charge is 0.396 e. The van der Waals surface area contributed by atoms with E-state index in [1.807, 2.05) is 0 Å². The zero-order chi connectivity index (χ0) is 30.3. The van der Waals surface area contributed by atoms with Crippen LogP contribution in [0.4, 0.5) is 0 Å². The van der Waals surface area contributed by atoms with Crippen molar-refractivity contribution in [2.45, 2.75) is 100 Å². The molecule has 2 saturated heterocycles. The van der Waals surface area contributed by atoms with E-state index in [-0.39, 0.29) is 36.7 Å². The van der Waals surface area contributed by atoms with Gasteiger partial charge in [-0.2, -0.15) is 0 Å². The topological polar surface area (TPSA) is 226 Å². The number of Topliss-reactive ketones (excluding diaryl/α,β-unsaturated/α-hetero) is 2. The predicted octanol–water partition coefficient (Wildman–Crippen LogP) is -3.38. The summed E-state index contributed by atoms with van der Waals surface area (Å²) in [4.78, 5) is 28.4. The van der Waals surface area contributed by atoms with E-state index in [0.717, 1.165) is 32.2 Å². The lowest BCUT2D eigenvalue weighted by Gasteiger charge is -2.53. The number of rotatable bonds is 8. The summed E-state index contributed by atoms with van der Waals surface area (Å²) in [5.41, 5.74) is 6.00. The third-order valence-corrected chi connectivity index (χ3v) is 10.9. The van der Waals surface area contributed by atoms with Crippen molar-refractivity contribution in [3.63, 3.8) is 0 Å². The SMILES string of the molecule is COC1CC(O[C@H]2O[C@H](CO)[C@@H](O)[C@H](O)[C@H]2O)C2C(=O)C3C(O)CC(CCC4CCC(N)[NH2+]C4)CC3C(=O)C2C1CO. The highest BCUT2D eigenvalue weighted by atomic mass is 16.7. The summed E-state index contributed by atoms with van der Waals surface area (Å²) in [5.74, 6) is -4.03. The Morgan fingerprint density at radius 3 is 2.24 bits per heavy atom. The molecule has 10 N–H and O–H groups in total. The number of carbonyl (C=O) groups excluding carboxylic acids is 2. The van der Waals surface area contributed by atoms with Gasteiger partial charge < -0.3 is 50.2 Å². The molecule has 2 heterocycles. The van der Waals surface area contributed by atoms with Gasteiger partial charge >= 0.3 is 0 Å². The van der Waals surface area contributed by atoms with Crippen LogP contribution in [0.15, 0.2) is 0 Å². The number of hydrogen-bond donors (Lipinski definition) is 8. The highest BCUT2D eigenvalue weighted by molar-refractivity contribution is 6.00. The highest BCUT2D eigenvalue weighted by Crippen LogP contribution is 2.51. The molecule has 5 rings (SSSR count). The lowest BCUT2D eigenvalue weighted by Crippen LogP contribution is -2.95. The molecule has 2 aliphatic heterocycles. The van der Waals surface area contributed by atoms with Crippen LogP contribution in [-0.2, 0) is 23.8 Å². The van der Waals surface area contributed by atoms with Gasteiger partial charge in [0.1, 0.15) is 42.1 Å². The molecule has 0 aromatic rings. The summed E-state index contributed by atoms with van der Waals surface area (Å²) in [5, 5.41) is 64.4. The lowest BCUT2D eigenvalue weighted by molar-refractivity contribution is -0.702.